The van der Waals surface area contributed by atoms with E-state index in [0.29, 0.717) is 0 Å². The Balaban J connectivity index is 1.56. The monoisotopic (exact) mass is 445 g/mol. The van der Waals surface area contributed by atoms with Crippen LogP contribution in [0.3, 0.4) is 0 Å². The summed E-state index contributed by atoms with van der Waals surface area (Å²) in [6.07, 6.45) is 5.45. The second kappa shape index (κ2) is 8.02. The molecule has 1 aromatic heterocycles. The maximum absolute atomic E-state index is 4.93. The van der Waals surface area contributed by atoms with E-state index in [4.69, 9.17) is 4.98 Å². The Labute approximate surface area is 202 Å². The molecule has 1 unspecified atom stereocenters. The van der Waals surface area contributed by atoms with Gasteiger partial charge in [-0.05, 0) is 78.8 Å². The summed E-state index contributed by atoms with van der Waals surface area (Å²) in [6, 6.07) is 30.8. The quantitative estimate of drug-likeness (QED) is 0.317. The van der Waals surface area contributed by atoms with Gasteiger partial charge in [0.05, 0.1) is 5.69 Å². The Morgan fingerprint density at radius 2 is 1.50 bits per heavy atom. The fourth-order valence-corrected chi connectivity index (χ4v) is 6.15. The minimum Gasteiger partial charge on any atom is -0.316 e. The summed E-state index contributed by atoms with van der Waals surface area (Å²) in [5, 5.41) is 0. The van der Waals surface area contributed by atoms with Crippen molar-refractivity contribution < 1.29 is 0 Å². The molecule has 4 aromatic rings. The zero-order valence-electron chi connectivity index (χ0n) is 20.2. The van der Waals surface area contributed by atoms with Crippen LogP contribution in [-0.2, 0) is 6.42 Å². The predicted molar refractivity (Wildman–Crippen MR) is 142 cm³/mol. The molecule has 1 atom stereocenters. The summed E-state index contributed by atoms with van der Waals surface area (Å²) in [5.74, 6) is 1.07. The molecule has 0 spiro atoms. The zero-order valence-corrected chi connectivity index (χ0v) is 20.2. The van der Waals surface area contributed by atoms with Crippen LogP contribution in [0.25, 0.3) is 11.1 Å². The third-order valence-electron chi connectivity index (χ3n) is 8.06. The van der Waals surface area contributed by atoms with E-state index in [2.05, 4.69) is 116 Å². The minimum atomic E-state index is 0.125. The van der Waals surface area contributed by atoms with Gasteiger partial charge in [0.15, 0.2) is 5.82 Å². The molecule has 0 bridgehead atoms. The van der Waals surface area contributed by atoms with Gasteiger partial charge in [0.1, 0.15) is 6.17 Å². The number of para-hydroxylation sites is 1. The van der Waals surface area contributed by atoms with Crippen LogP contribution in [0.5, 0.6) is 0 Å². The lowest BCUT2D eigenvalue weighted by Gasteiger charge is -2.50. The summed E-state index contributed by atoms with van der Waals surface area (Å²) in [4.78, 5) is 10.0. The number of anilines is 4. The Kier molecular flexibility index (Phi) is 4.95. The van der Waals surface area contributed by atoms with Crippen LogP contribution in [0.2, 0.25) is 0 Å². The van der Waals surface area contributed by atoms with Crippen molar-refractivity contribution in [2.45, 2.75) is 46.2 Å². The molecule has 3 heterocycles. The molecule has 0 saturated carbocycles. The van der Waals surface area contributed by atoms with E-state index in [0.717, 1.165) is 25.1 Å². The van der Waals surface area contributed by atoms with Gasteiger partial charge in [-0.15, -0.1) is 0 Å². The van der Waals surface area contributed by atoms with Crippen LogP contribution < -0.4 is 9.80 Å². The third-order valence-corrected chi connectivity index (χ3v) is 8.06. The second-order valence-corrected chi connectivity index (χ2v) is 9.70. The molecule has 3 heteroatoms. The minimum absolute atomic E-state index is 0.125. The number of hydrogen-bond acceptors (Lipinski definition) is 3. The van der Waals surface area contributed by atoms with Crippen molar-refractivity contribution in [3.05, 3.63) is 102 Å². The average molecular weight is 446 g/mol. The lowest BCUT2D eigenvalue weighted by Crippen LogP contribution is -2.55. The summed E-state index contributed by atoms with van der Waals surface area (Å²) < 4.78 is 0. The Morgan fingerprint density at radius 3 is 2.26 bits per heavy atom. The first-order valence-electron chi connectivity index (χ1n) is 12.4. The number of aryl methyl sites for hydroxylation is 1. The molecule has 0 amide bonds. The van der Waals surface area contributed by atoms with Gasteiger partial charge in [-0.2, -0.15) is 0 Å². The van der Waals surface area contributed by atoms with Gasteiger partial charge in [0, 0.05) is 23.0 Å². The molecule has 6 rings (SSSR count). The molecular formula is C31H31N3. The first-order chi connectivity index (χ1) is 16.7. The van der Waals surface area contributed by atoms with E-state index in [-0.39, 0.29) is 11.6 Å². The zero-order chi connectivity index (χ0) is 23.3. The van der Waals surface area contributed by atoms with Crippen LogP contribution in [0.1, 0.15) is 37.8 Å². The van der Waals surface area contributed by atoms with Crippen LogP contribution in [0, 0.1) is 12.3 Å². The molecule has 2 aliphatic heterocycles. The Bertz CT molecular complexity index is 1340. The highest BCUT2D eigenvalue weighted by atomic mass is 15.5. The lowest BCUT2D eigenvalue weighted by atomic mass is 9.70. The molecule has 34 heavy (non-hydrogen) atoms. The third kappa shape index (κ3) is 3.00. The van der Waals surface area contributed by atoms with Gasteiger partial charge in [-0.3, -0.25) is 0 Å². The van der Waals surface area contributed by atoms with E-state index in [1.165, 1.54) is 39.3 Å². The molecule has 0 saturated heterocycles. The largest absolute Gasteiger partial charge is 0.316 e. The smallest absolute Gasteiger partial charge is 0.158 e. The van der Waals surface area contributed by atoms with Crippen molar-refractivity contribution in [1.82, 2.24) is 4.98 Å². The van der Waals surface area contributed by atoms with Gasteiger partial charge in [-0.1, -0.05) is 68.4 Å². The fourth-order valence-electron chi connectivity index (χ4n) is 6.15. The van der Waals surface area contributed by atoms with Crippen LogP contribution in [0.4, 0.5) is 22.9 Å². The first-order valence-corrected chi connectivity index (χ1v) is 12.4. The fraction of sp³-hybridized carbons (Fsp3) is 0.258. The first kappa shape index (κ1) is 21.0. The van der Waals surface area contributed by atoms with Crippen LogP contribution >= 0.6 is 0 Å². The predicted octanol–water partition coefficient (Wildman–Crippen LogP) is 8.04. The normalized spacial score (nSPS) is 17.8. The number of nitrogens with zero attached hydrogens (tertiary/aromatic N) is 3. The highest BCUT2D eigenvalue weighted by Crippen LogP contribution is 2.58. The maximum atomic E-state index is 4.93. The van der Waals surface area contributed by atoms with Crippen molar-refractivity contribution in [3.8, 4) is 11.1 Å². The molecule has 0 fully saturated rings. The Morgan fingerprint density at radius 1 is 0.765 bits per heavy atom. The molecule has 3 nitrogen and oxygen atoms in total. The van der Waals surface area contributed by atoms with Crippen LogP contribution in [0.15, 0.2) is 91.1 Å². The van der Waals surface area contributed by atoms with E-state index in [9.17, 15) is 0 Å². The van der Waals surface area contributed by atoms with Gasteiger partial charge < -0.3 is 9.80 Å². The van der Waals surface area contributed by atoms with Gasteiger partial charge in [0.2, 0.25) is 0 Å². The summed E-state index contributed by atoms with van der Waals surface area (Å²) in [6.45, 7) is 6.96. The molecule has 0 aliphatic carbocycles. The number of fused-ring (bicyclic) bond motifs is 5. The summed E-state index contributed by atoms with van der Waals surface area (Å²) in [7, 11) is 0. The SMILES string of the molecule is CCC1(CC)Cc2ccccc2N2c3ncccc3N(c3ccc(-c4ccccc4)cc3C)C21. The molecule has 2 aliphatic rings. The molecule has 170 valence electrons. The topological polar surface area (TPSA) is 19.4 Å². The Hall–Kier alpha value is -3.59. The van der Waals surface area contributed by atoms with Crippen molar-refractivity contribution in [2.24, 2.45) is 5.41 Å². The van der Waals surface area contributed by atoms with Crippen molar-refractivity contribution in [3.63, 3.8) is 0 Å². The highest BCUT2D eigenvalue weighted by Gasteiger charge is 2.53. The number of hydrogen-bond donors (Lipinski definition) is 0. The molecule has 3 aromatic carbocycles. The van der Waals surface area contributed by atoms with Crippen molar-refractivity contribution in [2.75, 3.05) is 9.80 Å². The lowest BCUT2D eigenvalue weighted by molar-refractivity contribution is 0.197. The second-order valence-electron chi connectivity index (χ2n) is 9.70. The number of rotatable bonds is 4. The summed E-state index contributed by atoms with van der Waals surface area (Å²) in [5.41, 5.74) is 9.12. The van der Waals surface area contributed by atoms with Crippen LogP contribution in [-0.4, -0.2) is 11.1 Å². The van der Waals surface area contributed by atoms with Gasteiger partial charge in [0.25, 0.3) is 0 Å². The maximum Gasteiger partial charge on any atom is 0.158 e. The van der Waals surface area contributed by atoms with Gasteiger partial charge >= 0.3 is 0 Å². The molecule has 0 N–H and O–H groups in total. The number of pyridine rings is 1. The van der Waals surface area contributed by atoms with E-state index < -0.39 is 0 Å². The van der Waals surface area contributed by atoms with Crippen molar-refractivity contribution in [1.29, 1.82) is 0 Å². The van der Waals surface area contributed by atoms with E-state index in [1.807, 2.05) is 6.20 Å². The average Bonchev–Trinajstić information content (AvgIpc) is 3.24. The van der Waals surface area contributed by atoms with Gasteiger partial charge in [-0.25, -0.2) is 4.98 Å². The van der Waals surface area contributed by atoms with E-state index in [1.54, 1.807) is 0 Å². The standard InChI is InChI=1S/C31H31N3/c1-4-31(5-2)21-25-14-9-10-15-27(25)34-29-28(16-11-19-32-29)33(30(31)34)26-18-17-24(20-22(26)3)23-12-7-6-8-13-23/h6-20,30H,4-5,21H2,1-3H3. The van der Waals surface area contributed by atoms with Crippen molar-refractivity contribution >= 4 is 22.9 Å². The number of benzene rings is 3. The summed E-state index contributed by atoms with van der Waals surface area (Å²) >= 11 is 0. The van der Waals surface area contributed by atoms with E-state index >= 15 is 0 Å². The number of aromatic nitrogens is 1. The highest BCUT2D eigenvalue weighted by molar-refractivity contribution is 5.89. The molecular weight excluding hydrogens is 414 g/mol. The molecule has 0 radical (unpaired) electrons.